The number of thiophene rings is 1. The van der Waals surface area contributed by atoms with Gasteiger partial charge in [-0.3, -0.25) is 0 Å². The second kappa shape index (κ2) is 4.58. The van der Waals surface area contributed by atoms with Crippen molar-refractivity contribution < 1.29 is 4.39 Å². The molecule has 1 unspecified atom stereocenters. The van der Waals surface area contributed by atoms with E-state index in [1.165, 1.54) is 11.6 Å². The summed E-state index contributed by atoms with van der Waals surface area (Å²) >= 11 is 1.69. The van der Waals surface area contributed by atoms with Gasteiger partial charge >= 0.3 is 0 Å². The van der Waals surface area contributed by atoms with Gasteiger partial charge in [0, 0.05) is 5.92 Å². The number of hydrogen-bond acceptors (Lipinski definition) is 1. The van der Waals surface area contributed by atoms with Crippen LogP contribution in [0.2, 0.25) is 0 Å². The van der Waals surface area contributed by atoms with Gasteiger partial charge in [0.25, 0.3) is 0 Å². The Balaban J connectivity index is 2.35. The van der Waals surface area contributed by atoms with E-state index in [1.807, 2.05) is 6.07 Å². The average Bonchev–Trinajstić information content (AvgIpc) is 2.72. The minimum atomic E-state index is -0.152. The van der Waals surface area contributed by atoms with Crippen molar-refractivity contribution >= 4 is 11.3 Å². The molecular weight excluding hydrogens is 207 g/mol. The van der Waals surface area contributed by atoms with Crippen LogP contribution >= 0.6 is 11.3 Å². The first-order valence-corrected chi connectivity index (χ1v) is 6.03. The highest BCUT2D eigenvalue weighted by Gasteiger charge is 2.12. The van der Waals surface area contributed by atoms with E-state index in [1.54, 1.807) is 23.5 Å². The molecule has 1 aromatic heterocycles. The lowest BCUT2D eigenvalue weighted by atomic mass is 9.91. The Hall–Kier alpha value is -1.15. The molecule has 0 N–H and O–H groups in total. The Labute approximate surface area is 93.4 Å². The van der Waals surface area contributed by atoms with Crippen molar-refractivity contribution in [1.82, 2.24) is 0 Å². The molecule has 2 aromatic rings. The Morgan fingerprint density at radius 1 is 1.27 bits per heavy atom. The summed E-state index contributed by atoms with van der Waals surface area (Å²) in [5, 5.41) is 4.20. The molecule has 0 nitrogen and oxygen atoms in total. The minimum Gasteiger partial charge on any atom is -0.207 e. The summed E-state index contributed by atoms with van der Waals surface area (Å²) in [7, 11) is 0. The van der Waals surface area contributed by atoms with Crippen LogP contribution < -0.4 is 0 Å². The summed E-state index contributed by atoms with van der Waals surface area (Å²) in [5.41, 5.74) is 2.35. The van der Waals surface area contributed by atoms with Crippen LogP contribution in [-0.2, 0) is 0 Å². The second-order valence-electron chi connectivity index (χ2n) is 3.57. The molecule has 1 atom stereocenters. The van der Waals surface area contributed by atoms with Crippen LogP contribution in [0.3, 0.4) is 0 Å². The minimum absolute atomic E-state index is 0.152. The Bertz CT molecular complexity index is 420. The fourth-order valence-corrected chi connectivity index (χ4v) is 2.57. The Morgan fingerprint density at radius 3 is 2.73 bits per heavy atom. The van der Waals surface area contributed by atoms with E-state index in [9.17, 15) is 4.39 Å². The molecular formula is C13H13FS. The smallest absolute Gasteiger partial charge is 0.123 e. The van der Waals surface area contributed by atoms with Crippen LogP contribution in [0, 0.1) is 5.82 Å². The van der Waals surface area contributed by atoms with Crippen LogP contribution in [0.25, 0.3) is 0 Å². The molecule has 2 rings (SSSR count). The van der Waals surface area contributed by atoms with E-state index >= 15 is 0 Å². The van der Waals surface area contributed by atoms with Gasteiger partial charge in [0.2, 0.25) is 0 Å². The number of benzene rings is 1. The number of hydrogen-bond donors (Lipinski definition) is 0. The molecule has 78 valence electrons. The molecule has 1 aromatic carbocycles. The standard InChI is InChI=1S/C13H13FS/c1-2-13(11-6-7-15-9-11)10-4-3-5-12(14)8-10/h3-9,13H,2H2,1H3. The van der Waals surface area contributed by atoms with Crippen molar-refractivity contribution in [3.05, 3.63) is 58.0 Å². The molecule has 2 heteroatoms. The van der Waals surface area contributed by atoms with Gasteiger partial charge in [-0.1, -0.05) is 19.1 Å². The summed E-state index contributed by atoms with van der Waals surface area (Å²) in [5.74, 6) is 0.174. The third kappa shape index (κ3) is 2.26. The fraction of sp³-hybridized carbons (Fsp3) is 0.231. The Kier molecular flexibility index (Phi) is 3.17. The summed E-state index contributed by atoms with van der Waals surface area (Å²) in [6.07, 6.45) is 1.00. The van der Waals surface area contributed by atoms with Crippen molar-refractivity contribution in [2.45, 2.75) is 19.3 Å². The molecule has 0 saturated carbocycles. The van der Waals surface area contributed by atoms with Crippen LogP contribution in [0.4, 0.5) is 4.39 Å². The van der Waals surface area contributed by atoms with Crippen molar-refractivity contribution in [1.29, 1.82) is 0 Å². The molecule has 0 fully saturated rings. The van der Waals surface area contributed by atoms with Gasteiger partial charge in [0.15, 0.2) is 0 Å². The molecule has 0 aliphatic carbocycles. The van der Waals surface area contributed by atoms with Crippen molar-refractivity contribution in [3.63, 3.8) is 0 Å². The zero-order chi connectivity index (χ0) is 10.7. The van der Waals surface area contributed by atoms with E-state index < -0.39 is 0 Å². The van der Waals surface area contributed by atoms with Gasteiger partial charge in [0.05, 0.1) is 0 Å². The fourth-order valence-electron chi connectivity index (χ4n) is 1.86. The van der Waals surface area contributed by atoms with E-state index in [4.69, 9.17) is 0 Å². The Morgan fingerprint density at radius 2 is 2.13 bits per heavy atom. The third-order valence-electron chi connectivity index (χ3n) is 2.60. The third-order valence-corrected chi connectivity index (χ3v) is 3.31. The van der Waals surface area contributed by atoms with Crippen molar-refractivity contribution in [3.8, 4) is 0 Å². The monoisotopic (exact) mass is 220 g/mol. The van der Waals surface area contributed by atoms with E-state index in [0.29, 0.717) is 5.92 Å². The first kappa shape index (κ1) is 10.4. The SMILES string of the molecule is CCC(c1ccsc1)c1cccc(F)c1. The van der Waals surface area contributed by atoms with E-state index in [0.717, 1.165) is 12.0 Å². The highest BCUT2D eigenvalue weighted by atomic mass is 32.1. The molecule has 15 heavy (non-hydrogen) atoms. The highest BCUT2D eigenvalue weighted by molar-refractivity contribution is 7.08. The van der Waals surface area contributed by atoms with Crippen LogP contribution in [0.5, 0.6) is 0 Å². The molecule has 1 heterocycles. The zero-order valence-corrected chi connectivity index (χ0v) is 9.43. The van der Waals surface area contributed by atoms with Crippen LogP contribution in [0.1, 0.15) is 30.4 Å². The number of halogens is 1. The summed E-state index contributed by atoms with van der Waals surface area (Å²) in [4.78, 5) is 0. The molecule has 0 radical (unpaired) electrons. The predicted octanol–water partition coefficient (Wildman–Crippen LogP) is 4.43. The molecule has 0 saturated heterocycles. The number of rotatable bonds is 3. The van der Waals surface area contributed by atoms with E-state index in [2.05, 4.69) is 23.8 Å². The maximum absolute atomic E-state index is 13.1. The average molecular weight is 220 g/mol. The van der Waals surface area contributed by atoms with Crippen molar-refractivity contribution in [2.24, 2.45) is 0 Å². The summed E-state index contributed by atoms with van der Waals surface area (Å²) in [6, 6.07) is 9.01. The first-order chi connectivity index (χ1) is 7.31. The molecule has 0 spiro atoms. The molecule has 0 bridgehead atoms. The van der Waals surface area contributed by atoms with Gasteiger partial charge in [-0.15, -0.1) is 0 Å². The predicted molar refractivity (Wildman–Crippen MR) is 62.9 cm³/mol. The maximum atomic E-state index is 13.1. The van der Waals surface area contributed by atoms with E-state index in [-0.39, 0.29) is 5.82 Å². The quantitative estimate of drug-likeness (QED) is 0.718. The zero-order valence-electron chi connectivity index (χ0n) is 8.61. The van der Waals surface area contributed by atoms with Gasteiger partial charge < -0.3 is 0 Å². The molecule has 0 aliphatic rings. The van der Waals surface area contributed by atoms with Gasteiger partial charge in [-0.25, -0.2) is 4.39 Å². The summed E-state index contributed by atoms with van der Waals surface area (Å²) in [6.45, 7) is 2.13. The van der Waals surface area contributed by atoms with Crippen molar-refractivity contribution in [2.75, 3.05) is 0 Å². The van der Waals surface area contributed by atoms with Gasteiger partial charge in [-0.2, -0.15) is 11.3 Å². The highest BCUT2D eigenvalue weighted by Crippen LogP contribution is 2.29. The second-order valence-corrected chi connectivity index (χ2v) is 4.35. The molecule has 0 amide bonds. The largest absolute Gasteiger partial charge is 0.207 e. The lowest BCUT2D eigenvalue weighted by Gasteiger charge is -2.13. The topological polar surface area (TPSA) is 0 Å². The molecule has 0 aliphatic heterocycles. The van der Waals surface area contributed by atoms with Crippen LogP contribution in [0.15, 0.2) is 41.1 Å². The first-order valence-electron chi connectivity index (χ1n) is 5.09. The van der Waals surface area contributed by atoms with Gasteiger partial charge in [0.1, 0.15) is 5.82 Å². The van der Waals surface area contributed by atoms with Crippen LogP contribution in [-0.4, -0.2) is 0 Å². The lowest BCUT2D eigenvalue weighted by Crippen LogP contribution is -1.98. The summed E-state index contributed by atoms with van der Waals surface area (Å²) < 4.78 is 13.1. The maximum Gasteiger partial charge on any atom is 0.123 e. The van der Waals surface area contributed by atoms with Gasteiger partial charge in [-0.05, 0) is 46.5 Å². The normalized spacial score (nSPS) is 12.7. The lowest BCUT2D eigenvalue weighted by molar-refractivity contribution is 0.622.